The molecule has 4 nitrogen and oxygen atoms in total. The molecule has 0 spiro atoms. The number of hydrogen-bond donors (Lipinski definition) is 0. The van der Waals surface area contributed by atoms with E-state index < -0.39 is 0 Å². The minimum absolute atomic E-state index is 0.179. The fraction of sp³-hybridized carbons (Fsp3) is 0.273. The Morgan fingerprint density at radius 2 is 1.78 bits per heavy atom. The lowest BCUT2D eigenvalue weighted by molar-refractivity contribution is 0.101. The number of rotatable bonds is 4. The molecule has 0 N–H and O–H groups in total. The zero-order valence-corrected chi connectivity index (χ0v) is 15.2. The SMILES string of the molecule is CC(=O)c1cn(Cc2ccc(F)cc2)c2cc(N3CCCC3)ccc2c1=O. The molecule has 138 valence electrons. The van der Waals surface area contributed by atoms with Gasteiger partial charge in [-0.3, -0.25) is 9.59 Å². The molecule has 1 aromatic heterocycles. The van der Waals surface area contributed by atoms with Crippen molar-refractivity contribution in [3.8, 4) is 0 Å². The number of carbonyl (C=O) groups excluding carboxylic acids is 1. The van der Waals surface area contributed by atoms with E-state index in [1.165, 1.54) is 31.9 Å². The van der Waals surface area contributed by atoms with Crippen molar-refractivity contribution in [2.24, 2.45) is 0 Å². The summed E-state index contributed by atoms with van der Waals surface area (Å²) in [5.74, 6) is -0.539. The molecule has 0 amide bonds. The van der Waals surface area contributed by atoms with Gasteiger partial charge >= 0.3 is 0 Å². The third-order valence-electron chi connectivity index (χ3n) is 5.18. The van der Waals surface area contributed by atoms with Crippen LogP contribution >= 0.6 is 0 Å². The molecule has 1 aliphatic rings. The normalized spacial score (nSPS) is 14.1. The third kappa shape index (κ3) is 3.37. The van der Waals surface area contributed by atoms with Gasteiger partial charge in [-0.2, -0.15) is 0 Å². The van der Waals surface area contributed by atoms with Crippen LogP contribution in [-0.4, -0.2) is 23.4 Å². The van der Waals surface area contributed by atoms with Crippen LogP contribution in [-0.2, 0) is 6.54 Å². The average molecular weight is 364 g/mol. The zero-order valence-electron chi connectivity index (χ0n) is 15.2. The van der Waals surface area contributed by atoms with Crippen LogP contribution in [0, 0.1) is 5.82 Å². The molecule has 1 fully saturated rings. The fourth-order valence-electron chi connectivity index (χ4n) is 3.72. The molecular formula is C22H21FN2O2. The molecule has 0 bridgehead atoms. The van der Waals surface area contributed by atoms with Gasteiger partial charge in [-0.1, -0.05) is 12.1 Å². The van der Waals surface area contributed by atoms with Crippen molar-refractivity contribution in [2.75, 3.05) is 18.0 Å². The van der Waals surface area contributed by atoms with E-state index in [0.717, 1.165) is 29.9 Å². The second kappa shape index (κ2) is 6.99. The highest BCUT2D eigenvalue weighted by molar-refractivity contribution is 5.97. The van der Waals surface area contributed by atoms with E-state index in [1.54, 1.807) is 18.3 Å². The molecule has 1 saturated heterocycles. The smallest absolute Gasteiger partial charge is 0.200 e. The minimum Gasteiger partial charge on any atom is -0.371 e. The van der Waals surface area contributed by atoms with E-state index in [1.807, 2.05) is 22.8 Å². The molecule has 0 unspecified atom stereocenters. The molecule has 4 rings (SSSR count). The number of nitrogens with zero attached hydrogens (tertiary/aromatic N) is 2. The van der Waals surface area contributed by atoms with Crippen molar-refractivity contribution in [2.45, 2.75) is 26.3 Å². The van der Waals surface area contributed by atoms with Crippen LogP contribution in [0.1, 0.15) is 35.7 Å². The second-order valence-electron chi connectivity index (χ2n) is 7.08. The number of benzene rings is 2. The van der Waals surface area contributed by atoms with Crippen LogP contribution in [0.4, 0.5) is 10.1 Å². The lowest BCUT2D eigenvalue weighted by Crippen LogP contribution is -2.20. The van der Waals surface area contributed by atoms with Gasteiger partial charge in [0.2, 0.25) is 0 Å². The number of ketones is 1. The summed E-state index contributed by atoms with van der Waals surface area (Å²) in [6, 6.07) is 12.1. The Labute approximate surface area is 156 Å². The minimum atomic E-state index is -0.288. The first kappa shape index (κ1) is 17.5. The highest BCUT2D eigenvalue weighted by Gasteiger charge is 2.16. The summed E-state index contributed by atoms with van der Waals surface area (Å²) in [5, 5.41) is 0.535. The van der Waals surface area contributed by atoms with Crippen LogP contribution in [0.5, 0.6) is 0 Å². The van der Waals surface area contributed by atoms with Gasteiger partial charge in [0, 0.05) is 36.9 Å². The maximum Gasteiger partial charge on any atom is 0.200 e. The van der Waals surface area contributed by atoms with Crippen molar-refractivity contribution in [1.82, 2.24) is 4.57 Å². The summed E-state index contributed by atoms with van der Waals surface area (Å²) in [7, 11) is 0. The average Bonchev–Trinajstić information content (AvgIpc) is 3.20. The van der Waals surface area contributed by atoms with E-state index in [9.17, 15) is 14.0 Å². The number of hydrogen-bond acceptors (Lipinski definition) is 3. The van der Waals surface area contributed by atoms with Gasteiger partial charge in [0.25, 0.3) is 0 Å². The molecule has 3 aromatic rings. The summed E-state index contributed by atoms with van der Waals surface area (Å²) in [5.41, 5.74) is 2.73. The van der Waals surface area contributed by atoms with E-state index >= 15 is 0 Å². The number of anilines is 1. The molecule has 1 aliphatic heterocycles. The quantitative estimate of drug-likeness (QED) is 0.658. The summed E-state index contributed by atoms with van der Waals surface area (Å²) in [6.07, 6.45) is 3.97. The highest BCUT2D eigenvalue weighted by Crippen LogP contribution is 2.25. The van der Waals surface area contributed by atoms with Crippen LogP contribution in [0.2, 0.25) is 0 Å². The summed E-state index contributed by atoms with van der Waals surface area (Å²) in [6.45, 7) is 3.89. The topological polar surface area (TPSA) is 42.3 Å². The molecule has 0 atom stereocenters. The summed E-state index contributed by atoms with van der Waals surface area (Å²) < 4.78 is 15.1. The van der Waals surface area contributed by atoms with Crippen LogP contribution in [0.3, 0.4) is 0 Å². The van der Waals surface area contributed by atoms with E-state index in [0.29, 0.717) is 11.9 Å². The highest BCUT2D eigenvalue weighted by atomic mass is 19.1. The number of pyridine rings is 1. The van der Waals surface area contributed by atoms with Crippen molar-refractivity contribution >= 4 is 22.4 Å². The number of fused-ring (bicyclic) bond motifs is 1. The summed E-state index contributed by atoms with van der Waals surface area (Å²) >= 11 is 0. The van der Waals surface area contributed by atoms with Gasteiger partial charge in [0.1, 0.15) is 5.82 Å². The summed E-state index contributed by atoms with van der Waals surface area (Å²) in [4.78, 5) is 27.0. The fourth-order valence-corrected chi connectivity index (χ4v) is 3.72. The van der Waals surface area contributed by atoms with Crippen molar-refractivity contribution in [3.05, 3.63) is 75.8 Å². The van der Waals surface area contributed by atoms with Crippen LogP contribution < -0.4 is 10.3 Å². The van der Waals surface area contributed by atoms with Gasteiger partial charge in [0.05, 0.1) is 11.1 Å². The third-order valence-corrected chi connectivity index (χ3v) is 5.18. The van der Waals surface area contributed by atoms with Gasteiger partial charge < -0.3 is 9.47 Å². The van der Waals surface area contributed by atoms with E-state index in [-0.39, 0.29) is 22.6 Å². The maximum absolute atomic E-state index is 13.2. The molecule has 5 heteroatoms. The van der Waals surface area contributed by atoms with Gasteiger partial charge in [0.15, 0.2) is 11.2 Å². The van der Waals surface area contributed by atoms with Crippen molar-refractivity contribution < 1.29 is 9.18 Å². The Bertz CT molecular complexity index is 1060. The predicted molar refractivity (Wildman–Crippen MR) is 105 cm³/mol. The predicted octanol–water partition coefficient (Wildman–Crippen LogP) is 3.99. The molecule has 2 heterocycles. The number of halogens is 1. The first-order chi connectivity index (χ1) is 13.0. The molecular weight excluding hydrogens is 343 g/mol. The van der Waals surface area contributed by atoms with E-state index in [4.69, 9.17) is 0 Å². The Balaban J connectivity index is 1.88. The van der Waals surface area contributed by atoms with E-state index in [2.05, 4.69) is 4.90 Å². The lowest BCUT2D eigenvalue weighted by Gasteiger charge is -2.20. The standard InChI is InChI=1S/C22H21FN2O2/c1-15(26)20-14-25(13-16-4-6-17(23)7-5-16)21-12-18(24-10-2-3-11-24)8-9-19(21)22(20)27/h4-9,12,14H,2-3,10-11,13H2,1H3. The molecule has 2 aromatic carbocycles. The van der Waals surface area contributed by atoms with Crippen molar-refractivity contribution in [1.29, 1.82) is 0 Å². The molecule has 0 saturated carbocycles. The second-order valence-corrected chi connectivity index (χ2v) is 7.08. The number of Topliss-reactive ketones (excluding diaryl/α,β-unsaturated/α-hetero) is 1. The number of aromatic nitrogens is 1. The zero-order chi connectivity index (χ0) is 19.0. The van der Waals surface area contributed by atoms with Crippen LogP contribution in [0.25, 0.3) is 10.9 Å². The Morgan fingerprint density at radius 3 is 2.44 bits per heavy atom. The number of carbonyl (C=O) groups is 1. The molecule has 0 aliphatic carbocycles. The Kier molecular flexibility index (Phi) is 4.52. The first-order valence-corrected chi connectivity index (χ1v) is 9.20. The molecule has 27 heavy (non-hydrogen) atoms. The first-order valence-electron chi connectivity index (χ1n) is 9.20. The Hall–Kier alpha value is -2.95. The van der Waals surface area contributed by atoms with Gasteiger partial charge in [-0.25, -0.2) is 4.39 Å². The lowest BCUT2D eigenvalue weighted by atomic mass is 10.1. The monoisotopic (exact) mass is 364 g/mol. The molecule has 0 radical (unpaired) electrons. The van der Waals surface area contributed by atoms with Gasteiger partial charge in [-0.05, 0) is 55.7 Å². The van der Waals surface area contributed by atoms with Gasteiger partial charge in [-0.15, -0.1) is 0 Å². The largest absolute Gasteiger partial charge is 0.371 e. The maximum atomic E-state index is 13.2. The van der Waals surface area contributed by atoms with Crippen LogP contribution in [0.15, 0.2) is 53.5 Å². The van der Waals surface area contributed by atoms with Crippen molar-refractivity contribution in [3.63, 3.8) is 0 Å². The Morgan fingerprint density at radius 1 is 1.07 bits per heavy atom.